The minimum Gasteiger partial charge on any atom is -0.244 e. The lowest BCUT2D eigenvalue weighted by Crippen LogP contribution is -1.69. The molecule has 0 saturated carbocycles. The summed E-state index contributed by atoms with van der Waals surface area (Å²) >= 11 is 1.63. The third kappa shape index (κ3) is 0.789. The Labute approximate surface area is 62.6 Å². The molecular weight excluding hydrogens is 144 g/mol. The molecule has 2 heterocycles. The smallest absolute Gasteiger partial charge is 0.143 e. The van der Waals surface area contributed by atoms with Gasteiger partial charge in [-0.2, -0.15) is 0 Å². The Morgan fingerprint density at radius 2 is 2.40 bits per heavy atom. The van der Waals surface area contributed by atoms with Crippen LogP contribution in [0.3, 0.4) is 0 Å². The predicted octanol–water partition coefficient (Wildman–Crippen LogP) is 2.00. The molecule has 0 atom stereocenters. The summed E-state index contributed by atoms with van der Waals surface area (Å²) in [6, 6.07) is 3.88. The van der Waals surface area contributed by atoms with Crippen molar-refractivity contribution in [3.8, 4) is 0 Å². The van der Waals surface area contributed by atoms with Gasteiger partial charge in [-0.25, -0.2) is 9.97 Å². The molecule has 0 radical (unpaired) electrons. The summed E-state index contributed by atoms with van der Waals surface area (Å²) in [5.41, 5.74) is 1.00. The van der Waals surface area contributed by atoms with E-state index in [9.17, 15) is 0 Å². The Morgan fingerprint density at radius 3 is 3.20 bits per heavy atom. The normalized spacial score (nSPS) is 10.5. The van der Waals surface area contributed by atoms with E-state index in [2.05, 4.69) is 9.97 Å². The lowest BCUT2D eigenvalue weighted by Gasteiger charge is -1.80. The van der Waals surface area contributed by atoms with Crippen LogP contribution in [0.2, 0.25) is 0 Å². The Hall–Kier alpha value is -0.960. The van der Waals surface area contributed by atoms with Crippen molar-refractivity contribution in [2.75, 3.05) is 0 Å². The van der Waals surface area contributed by atoms with Crippen molar-refractivity contribution in [2.45, 2.75) is 6.92 Å². The molecule has 0 amide bonds. The first-order valence-corrected chi connectivity index (χ1v) is 3.86. The third-order valence-corrected chi connectivity index (χ3v) is 2.17. The minimum atomic E-state index is 1.00. The minimum absolute atomic E-state index is 1.00. The van der Waals surface area contributed by atoms with Gasteiger partial charge in [-0.15, -0.1) is 0 Å². The first kappa shape index (κ1) is 5.80. The van der Waals surface area contributed by atoms with E-state index in [0.717, 1.165) is 15.4 Å². The summed E-state index contributed by atoms with van der Waals surface area (Å²) in [7, 11) is 0. The van der Waals surface area contributed by atoms with Crippen LogP contribution in [0.25, 0.3) is 10.3 Å². The van der Waals surface area contributed by atoms with Gasteiger partial charge in [0.1, 0.15) is 10.3 Å². The quantitative estimate of drug-likeness (QED) is 0.574. The lowest BCUT2D eigenvalue weighted by molar-refractivity contribution is 1.33. The van der Waals surface area contributed by atoms with Gasteiger partial charge in [-0.3, -0.25) is 0 Å². The molecule has 2 nitrogen and oxygen atoms in total. The van der Waals surface area contributed by atoms with Crippen molar-refractivity contribution < 1.29 is 0 Å². The van der Waals surface area contributed by atoms with E-state index in [1.54, 1.807) is 17.5 Å². The molecule has 0 aliphatic carbocycles. The topological polar surface area (TPSA) is 25.8 Å². The van der Waals surface area contributed by atoms with Crippen molar-refractivity contribution in [2.24, 2.45) is 0 Å². The van der Waals surface area contributed by atoms with Crippen LogP contribution in [0.15, 0.2) is 18.3 Å². The molecule has 3 heteroatoms. The number of rotatable bonds is 0. The van der Waals surface area contributed by atoms with Crippen LogP contribution in [-0.2, 0) is 0 Å². The number of fused-ring (bicyclic) bond motifs is 1. The molecule has 0 aromatic carbocycles. The monoisotopic (exact) mass is 150 g/mol. The Morgan fingerprint density at radius 1 is 1.50 bits per heavy atom. The largest absolute Gasteiger partial charge is 0.244 e. The number of nitrogens with zero attached hydrogens (tertiary/aromatic N) is 2. The van der Waals surface area contributed by atoms with E-state index in [4.69, 9.17) is 0 Å². The number of thiazole rings is 1. The summed E-state index contributed by atoms with van der Waals surface area (Å²) in [5, 5.41) is 1.08. The van der Waals surface area contributed by atoms with E-state index in [-0.39, 0.29) is 0 Å². The van der Waals surface area contributed by atoms with Crippen molar-refractivity contribution in [3.63, 3.8) is 0 Å². The van der Waals surface area contributed by atoms with Crippen LogP contribution >= 0.6 is 11.3 Å². The van der Waals surface area contributed by atoms with Crippen LogP contribution in [0.4, 0.5) is 0 Å². The van der Waals surface area contributed by atoms with Crippen molar-refractivity contribution in [1.29, 1.82) is 0 Å². The SMILES string of the molecule is Cc1nc2cccnc2s1. The average molecular weight is 150 g/mol. The van der Waals surface area contributed by atoms with E-state index in [1.165, 1.54) is 0 Å². The molecule has 0 aliphatic heterocycles. The summed E-state index contributed by atoms with van der Waals surface area (Å²) in [4.78, 5) is 9.46. The van der Waals surface area contributed by atoms with E-state index < -0.39 is 0 Å². The second kappa shape index (κ2) is 2.02. The fraction of sp³-hybridized carbons (Fsp3) is 0.143. The van der Waals surface area contributed by atoms with Gasteiger partial charge in [0.25, 0.3) is 0 Å². The molecule has 2 rings (SSSR count). The van der Waals surface area contributed by atoms with Crippen LogP contribution < -0.4 is 0 Å². The molecule has 50 valence electrons. The van der Waals surface area contributed by atoms with E-state index in [1.807, 2.05) is 19.1 Å². The zero-order chi connectivity index (χ0) is 6.97. The summed E-state index contributed by atoms with van der Waals surface area (Å²) in [6.07, 6.45) is 1.79. The lowest BCUT2D eigenvalue weighted by atomic mass is 10.5. The van der Waals surface area contributed by atoms with Crippen LogP contribution in [0, 0.1) is 6.92 Å². The molecule has 0 spiro atoms. The van der Waals surface area contributed by atoms with Gasteiger partial charge < -0.3 is 0 Å². The van der Waals surface area contributed by atoms with Crippen LogP contribution in [0.5, 0.6) is 0 Å². The average Bonchev–Trinajstić information content (AvgIpc) is 2.27. The van der Waals surface area contributed by atoms with Gasteiger partial charge in [-0.1, -0.05) is 11.3 Å². The Bertz CT molecular complexity index is 320. The van der Waals surface area contributed by atoms with Crippen molar-refractivity contribution in [3.05, 3.63) is 23.3 Å². The third-order valence-electron chi connectivity index (χ3n) is 1.27. The Kier molecular flexibility index (Phi) is 1.17. The molecule has 0 bridgehead atoms. The standard InChI is InChI=1S/C7H6N2S/c1-5-9-6-3-2-4-8-7(6)10-5/h2-4H,1H3. The maximum atomic E-state index is 4.27. The summed E-state index contributed by atoms with van der Waals surface area (Å²) in [5.74, 6) is 0. The number of aromatic nitrogens is 2. The number of pyridine rings is 1. The molecule has 0 unspecified atom stereocenters. The van der Waals surface area contributed by atoms with Gasteiger partial charge >= 0.3 is 0 Å². The molecule has 2 aromatic heterocycles. The van der Waals surface area contributed by atoms with Gasteiger partial charge in [0.2, 0.25) is 0 Å². The van der Waals surface area contributed by atoms with Gasteiger partial charge in [0.05, 0.1) is 5.01 Å². The highest BCUT2D eigenvalue weighted by Gasteiger charge is 1.97. The van der Waals surface area contributed by atoms with E-state index >= 15 is 0 Å². The van der Waals surface area contributed by atoms with E-state index in [0.29, 0.717) is 0 Å². The maximum Gasteiger partial charge on any atom is 0.143 e. The van der Waals surface area contributed by atoms with Gasteiger partial charge in [-0.05, 0) is 19.1 Å². The number of hydrogen-bond donors (Lipinski definition) is 0. The summed E-state index contributed by atoms with van der Waals surface area (Å²) < 4.78 is 0. The molecule has 2 aromatic rings. The second-order valence-electron chi connectivity index (χ2n) is 2.06. The first-order valence-electron chi connectivity index (χ1n) is 3.04. The maximum absolute atomic E-state index is 4.27. The molecule has 0 aliphatic rings. The second-order valence-corrected chi connectivity index (χ2v) is 3.24. The zero-order valence-electron chi connectivity index (χ0n) is 5.53. The highest BCUT2D eigenvalue weighted by atomic mass is 32.1. The molecule has 0 saturated heterocycles. The van der Waals surface area contributed by atoms with Crippen molar-refractivity contribution >= 4 is 21.7 Å². The number of aryl methyl sites for hydroxylation is 1. The molecule has 0 fully saturated rings. The highest BCUT2D eigenvalue weighted by Crippen LogP contribution is 2.17. The zero-order valence-corrected chi connectivity index (χ0v) is 6.35. The van der Waals surface area contributed by atoms with Crippen molar-refractivity contribution in [1.82, 2.24) is 9.97 Å². The number of hydrogen-bond acceptors (Lipinski definition) is 3. The van der Waals surface area contributed by atoms with Gasteiger partial charge in [0, 0.05) is 6.20 Å². The van der Waals surface area contributed by atoms with Crippen LogP contribution in [-0.4, -0.2) is 9.97 Å². The first-order chi connectivity index (χ1) is 4.86. The fourth-order valence-corrected chi connectivity index (χ4v) is 1.63. The molecular formula is C7H6N2S. The predicted molar refractivity (Wildman–Crippen MR) is 42.2 cm³/mol. The van der Waals surface area contributed by atoms with Gasteiger partial charge in [0.15, 0.2) is 0 Å². The Balaban J connectivity index is 2.88. The summed E-state index contributed by atoms with van der Waals surface area (Å²) in [6.45, 7) is 1.99. The highest BCUT2D eigenvalue weighted by molar-refractivity contribution is 7.18. The van der Waals surface area contributed by atoms with Crippen LogP contribution in [0.1, 0.15) is 5.01 Å². The fourth-order valence-electron chi connectivity index (χ4n) is 0.878. The molecule has 0 N–H and O–H groups in total. The molecule has 10 heavy (non-hydrogen) atoms.